The number of hydrogen-bond acceptors (Lipinski definition) is 2. The number of alkyl halides is 2. The molecule has 0 spiro atoms. The lowest BCUT2D eigenvalue weighted by Crippen LogP contribution is -2.25. The van der Waals surface area contributed by atoms with Gasteiger partial charge in [0.15, 0.2) is 5.78 Å². The van der Waals surface area contributed by atoms with Crippen molar-refractivity contribution in [1.82, 2.24) is 0 Å². The molecule has 0 heterocycles. The minimum Gasteiger partial charge on any atom is -0.368 e. The van der Waals surface area contributed by atoms with Gasteiger partial charge in [0.2, 0.25) is 0 Å². The molecule has 0 aromatic heterocycles. The summed E-state index contributed by atoms with van der Waals surface area (Å²) in [6.45, 7) is 0.778. The summed E-state index contributed by atoms with van der Waals surface area (Å²) in [6.07, 6.45) is -2.50. The molecule has 0 atom stereocenters. The number of halogens is 3. The highest BCUT2D eigenvalue weighted by Gasteiger charge is 2.15. The molecule has 0 aliphatic heterocycles. The normalized spacial score (nSPS) is 10.6. The Morgan fingerprint density at radius 2 is 2.06 bits per heavy atom. The first-order valence-corrected chi connectivity index (χ1v) is 4.71. The maximum absolute atomic E-state index is 12.9. The van der Waals surface area contributed by atoms with E-state index in [-0.39, 0.29) is 11.3 Å². The molecule has 1 aromatic rings. The van der Waals surface area contributed by atoms with Crippen molar-refractivity contribution in [3.8, 4) is 0 Å². The SMILES string of the molecule is CC(=O)c1cc(F)ccc1N(C)CC(F)F. The number of anilines is 1. The summed E-state index contributed by atoms with van der Waals surface area (Å²) in [5.74, 6) is -0.907. The molecule has 0 aliphatic carbocycles. The van der Waals surface area contributed by atoms with Gasteiger partial charge in [-0.2, -0.15) is 0 Å². The van der Waals surface area contributed by atoms with E-state index in [1.54, 1.807) is 0 Å². The van der Waals surface area contributed by atoms with Crippen molar-refractivity contribution in [2.24, 2.45) is 0 Å². The van der Waals surface area contributed by atoms with E-state index < -0.39 is 18.8 Å². The monoisotopic (exact) mass is 231 g/mol. The van der Waals surface area contributed by atoms with Gasteiger partial charge in [0.1, 0.15) is 5.82 Å². The summed E-state index contributed by atoms with van der Waals surface area (Å²) in [5.41, 5.74) is 0.428. The summed E-state index contributed by atoms with van der Waals surface area (Å²) in [7, 11) is 1.44. The first-order chi connectivity index (χ1) is 7.41. The highest BCUT2D eigenvalue weighted by molar-refractivity contribution is 5.99. The molecule has 0 aliphatic rings. The van der Waals surface area contributed by atoms with Crippen molar-refractivity contribution in [3.05, 3.63) is 29.6 Å². The van der Waals surface area contributed by atoms with Crippen molar-refractivity contribution in [2.45, 2.75) is 13.3 Å². The van der Waals surface area contributed by atoms with Gasteiger partial charge in [0, 0.05) is 18.3 Å². The highest BCUT2D eigenvalue weighted by atomic mass is 19.3. The minimum atomic E-state index is -2.50. The van der Waals surface area contributed by atoms with E-state index in [2.05, 4.69) is 0 Å². The first-order valence-electron chi connectivity index (χ1n) is 4.71. The van der Waals surface area contributed by atoms with Crippen LogP contribution in [-0.2, 0) is 0 Å². The highest BCUT2D eigenvalue weighted by Crippen LogP contribution is 2.21. The van der Waals surface area contributed by atoms with Gasteiger partial charge < -0.3 is 4.90 Å². The van der Waals surface area contributed by atoms with Crippen LogP contribution in [0.3, 0.4) is 0 Å². The van der Waals surface area contributed by atoms with Crippen LogP contribution in [0.1, 0.15) is 17.3 Å². The molecule has 0 bridgehead atoms. The fraction of sp³-hybridized carbons (Fsp3) is 0.364. The Labute approximate surface area is 91.7 Å². The Bertz CT molecular complexity index is 393. The standard InChI is InChI=1S/C11H12F3NO/c1-7(16)9-5-8(12)3-4-10(9)15(2)6-11(13)14/h3-5,11H,6H2,1-2H3. The predicted octanol–water partition coefficient (Wildman–Crippen LogP) is 2.73. The van der Waals surface area contributed by atoms with Crippen LogP contribution in [0, 0.1) is 5.82 Å². The van der Waals surface area contributed by atoms with Crippen LogP contribution >= 0.6 is 0 Å². The summed E-state index contributed by atoms with van der Waals surface area (Å²) in [6, 6.07) is 3.53. The van der Waals surface area contributed by atoms with Gasteiger partial charge in [-0.1, -0.05) is 0 Å². The quantitative estimate of drug-likeness (QED) is 0.742. The average Bonchev–Trinajstić information content (AvgIpc) is 2.16. The fourth-order valence-electron chi connectivity index (χ4n) is 1.43. The molecule has 1 aromatic carbocycles. The second-order valence-electron chi connectivity index (χ2n) is 3.49. The summed E-state index contributed by atoms with van der Waals surface area (Å²) < 4.78 is 37.3. The van der Waals surface area contributed by atoms with Crippen molar-refractivity contribution < 1.29 is 18.0 Å². The van der Waals surface area contributed by atoms with Crippen LogP contribution in [0.15, 0.2) is 18.2 Å². The number of Topliss-reactive ketones (excluding diaryl/α,β-unsaturated/α-hetero) is 1. The van der Waals surface area contributed by atoms with Gasteiger partial charge in [-0.15, -0.1) is 0 Å². The third kappa shape index (κ3) is 2.98. The maximum Gasteiger partial charge on any atom is 0.255 e. The Morgan fingerprint density at radius 1 is 1.44 bits per heavy atom. The molecule has 5 heteroatoms. The van der Waals surface area contributed by atoms with Crippen molar-refractivity contribution in [2.75, 3.05) is 18.5 Å². The van der Waals surface area contributed by atoms with Gasteiger partial charge >= 0.3 is 0 Å². The zero-order valence-corrected chi connectivity index (χ0v) is 9.01. The van der Waals surface area contributed by atoms with E-state index in [1.807, 2.05) is 0 Å². The molecule has 0 amide bonds. The van der Waals surface area contributed by atoms with Crippen LogP contribution in [0.2, 0.25) is 0 Å². The van der Waals surface area contributed by atoms with E-state index in [0.29, 0.717) is 5.69 Å². The topological polar surface area (TPSA) is 20.3 Å². The lowest BCUT2D eigenvalue weighted by molar-refractivity contribution is 0.101. The molecule has 0 N–H and O–H groups in total. The minimum absolute atomic E-state index is 0.114. The second-order valence-corrected chi connectivity index (χ2v) is 3.49. The Kier molecular flexibility index (Phi) is 3.93. The van der Waals surface area contributed by atoms with Gasteiger partial charge in [-0.25, -0.2) is 13.2 Å². The van der Waals surface area contributed by atoms with E-state index in [0.717, 1.165) is 12.1 Å². The Morgan fingerprint density at radius 3 is 2.56 bits per heavy atom. The number of benzene rings is 1. The predicted molar refractivity (Wildman–Crippen MR) is 55.7 cm³/mol. The molecule has 1 rings (SSSR count). The number of ketones is 1. The number of nitrogens with zero attached hydrogens (tertiary/aromatic N) is 1. The summed E-state index contributed by atoms with van der Waals surface area (Å²) >= 11 is 0. The maximum atomic E-state index is 12.9. The third-order valence-corrected chi connectivity index (χ3v) is 2.16. The summed E-state index contributed by atoms with van der Waals surface area (Å²) in [5, 5.41) is 0. The van der Waals surface area contributed by atoms with E-state index in [4.69, 9.17) is 0 Å². The third-order valence-electron chi connectivity index (χ3n) is 2.16. The number of rotatable bonds is 4. The molecule has 0 saturated heterocycles. The molecule has 16 heavy (non-hydrogen) atoms. The van der Waals surface area contributed by atoms with Crippen LogP contribution in [-0.4, -0.2) is 25.8 Å². The smallest absolute Gasteiger partial charge is 0.255 e. The molecule has 0 unspecified atom stereocenters. The second kappa shape index (κ2) is 5.01. The van der Waals surface area contributed by atoms with Gasteiger partial charge in [-0.05, 0) is 25.1 Å². The Balaban J connectivity index is 3.07. The van der Waals surface area contributed by atoms with Crippen LogP contribution < -0.4 is 4.90 Å². The molecule has 0 fully saturated rings. The number of carbonyl (C=O) groups excluding carboxylic acids is 1. The van der Waals surface area contributed by atoms with Gasteiger partial charge in [0.25, 0.3) is 6.43 Å². The van der Waals surface area contributed by atoms with E-state index in [1.165, 1.54) is 24.9 Å². The zero-order chi connectivity index (χ0) is 12.3. The van der Waals surface area contributed by atoms with E-state index in [9.17, 15) is 18.0 Å². The van der Waals surface area contributed by atoms with Gasteiger partial charge in [0.05, 0.1) is 6.54 Å². The molecule has 0 radical (unpaired) electrons. The molecule has 0 saturated carbocycles. The number of hydrogen-bond donors (Lipinski definition) is 0. The fourth-order valence-corrected chi connectivity index (χ4v) is 1.43. The number of carbonyl (C=O) groups is 1. The van der Waals surface area contributed by atoms with Gasteiger partial charge in [-0.3, -0.25) is 4.79 Å². The molecule has 88 valence electrons. The zero-order valence-electron chi connectivity index (χ0n) is 9.01. The van der Waals surface area contributed by atoms with Crippen molar-refractivity contribution in [3.63, 3.8) is 0 Å². The average molecular weight is 231 g/mol. The lowest BCUT2D eigenvalue weighted by atomic mass is 10.1. The van der Waals surface area contributed by atoms with Crippen molar-refractivity contribution in [1.29, 1.82) is 0 Å². The summed E-state index contributed by atoms with van der Waals surface area (Å²) in [4.78, 5) is 12.5. The van der Waals surface area contributed by atoms with E-state index >= 15 is 0 Å². The largest absolute Gasteiger partial charge is 0.368 e. The molecule has 2 nitrogen and oxygen atoms in total. The van der Waals surface area contributed by atoms with Crippen LogP contribution in [0.25, 0.3) is 0 Å². The molecular weight excluding hydrogens is 219 g/mol. The van der Waals surface area contributed by atoms with Crippen molar-refractivity contribution >= 4 is 11.5 Å². The lowest BCUT2D eigenvalue weighted by Gasteiger charge is -2.21. The Hall–Kier alpha value is -1.52. The first kappa shape index (κ1) is 12.5. The molecular formula is C11H12F3NO. The van der Waals surface area contributed by atoms with Crippen LogP contribution in [0.4, 0.5) is 18.9 Å². The van der Waals surface area contributed by atoms with Crippen LogP contribution in [0.5, 0.6) is 0 Å².